The fourth-order valence-electron chi connectivity index (χ4n) is 4.02. The maximum atomic E-state index is 13.6. The minimum atomic E-state index is -0.687. The standard InChI is InChI=1S/C24H21N3O4S/c1-13(2)11-18-25-26-24(32-18)27-20(14-7-6-8-15(12-14)30-3)19-21(28)16-9-4-5-10-17(16)31-22(19)23(27)29/h4-10,12-13,20H,11H2,1-3H3/t20-/m1/s1. The van der Waals surface area contributed by atoms with Gasteiger partial charge >= 0.3 is 0 Å². The van der Waals surface area contributed by atoms with E-state index in [4.69, 9.17) is 9.15 Å². The fourth-order valence-corrected chi connectivity index (χ4v) is 5.10. The molecule has 5 rings (SSSR count). The Morgan fingerprint density at radius 3 is 2.72 bits per heavy atom. The van der Waals surface area contributed by atoms with E-state index in [2.05, 4.69) is 24.0 Å². The zero-order chi connectivity index (χ0) is 22.4. The molecule has 2 aromatic heterocycles. The van der Waals surface area contributed by atoms with Gasteiger partial charge in [0.05, 0.1) is 24.1 Å². The second kappa shape index (κ2) is 7.87. The number of ether oxygens (including phenoxy) is 1. The van der Waals surface area contributed by atoms with Gasteiger partial charge in [-0.25, -0.2) is 0 Å². The first-order valence-electron chi connectivity index (χ1n) is 10.3. The van der Waals surface area contributed by atoms with Crippen LogP contribution in [0, 0.1) is 5.92 Å². The summed E-state index contributed by atoms with van der Waals surface area (Å²) in [7, 11) is 1.58. The summed E-state index contributed by atoms with van der Waals surface area (Å²) in [6.45, 7) is 4.20. The summed E-state index contributed by atoms with van der Waals surface area (Å²) in [6, 6.07) is 13.6. The van der Waals surface area contributed by atoms with Crippen LogP contribution in [0.25, 0.3) is 11.0 Å². The number of para-hydroxylation sites is 1. The second-order valence-electron chi connectivity index (χ2n) is 8.10. The van der Waals surface area contributed by atoms with Crippen molar-refractivity contribution in [3.05, 3.63) is 80.6 Å². The van der Waals surface area contributed by atoms with Gasteiger partial charge in [-0.2, -0.15) is 0 Å². The lowest BCUT2D eigenvalue weighted by Gasteiger charge is -2.22. The number of aromatic nitrogens is 2. The van der Waals surface area contributed by atoms with Crippen LogP contribution in [0.4, 0.5) is 5.13 Å². The third kappa shape index (κ3) is 3.27. The van der Waals surface area contributed by atoms with Gasteiger partial charge in [-0.1, -0.05) is 49.4 Å². The third-order valence-electron chi connectivity index (χ3n) is 5.43. The zero-order valence-electron chi connectivity index (χ0n) is 17.9. The Labute approximate surface area is 188 Å². The summed E-state index contributed by atoms with van der Waals surface area (Å²) in [4.78, 5) is 28.6. The number of amides is 1. The van der Waals surface area contributed by atoms with Gasteiger partial charge in [-0.15, -0.1) is 10.2 Å². The van der Waals surface area contributed by atoms with Crippen molar-refractivity contribution in [1.82, 2.24) is 10.2 Å². The molecule has 7 nitrogen and oxygen atoms in total. The van der Waals surface area contributed by atoms with Crippen LogP contribution in [-0.4, -0.2) is 23.2 Å². The van der Waals surface area contributed by atoms with E-state index in [0.717, 1.165) is 17.0 Å². The van der Waals surface area contributed by atoms with E-state index < -0.39 is 11.9 Å². The van der Waals surface area contributed by atoms with E-state index in [1.165, 1.54) is 16.2 Å². The number of nitrogens with zero attached hydrogens (tertiary/aromatic N) is 3. The summed E-state index contributed by atoms with van der Waals surface area (Å²) in [5.74, 6) is 0.682. The largest absolute Gasteiger partial charge is 0.497 e. The van der Waals surface area contributed by atoms with E-state index in [1.54, 1.807) is 31.4 Å². The molecule has 162 valence electrons. The van der Waals surface area contributed by atoms with Crippen molar-refractivity contribution in [2.45, 2.75) is 26.3 Å². The highest BCUT2D eigenvalue weighted by Crippen LogP contribution is 2.42. The molecule has 4 aromatic rings. The van der Waals surface area contributed by atoms with Crippen LogP contribution in [-0.2, 0) is 6.42 Å². The van der Waals surface area contributed by atoms with E-state index >= 15 is 0 Å². The van der Waals surface area contributed by atoms with Gasteiger partial charge in [-0.3, -0.25) is 14.5 Å². The van der Waals surface area contributed by atoms with Crippen LogP contribution in [0.15, 0.2) is 57.7 Å². The molecule has 0 saturated heterocycles. The second-order valence-corrected chi connectivity index (χ2v) is 9.14. The van der Waals surface area contributed by atoms with Gasteiger partial charge in [0.25, 0.3) is 5.91 Å². The van der Waals surface area contributed by atoms with Crippen LogP contribution in [0.3, 0.4) is 0 Å². The summed E-state index contributed by atoms with van der Waals surface area (Å²) in [5.41, 5.74) is 1.20. The summed E-state index contributed by atoms with van der Waals surface area (Å²) >= 11 is 1.36. The lowest BCUT2D eigenvalue weighted by Crippen LogP contribution is -2.29. The minimum absolute atomic E-state index is 0.0436. The Morgan fingerprint density at radius 1 is 1.12 bits per heavy atom. The number of benzene rings is 2. The first kappa shape index (κ1) is 20.4. The molecule has 1 amide bonds. The molecule has 1 atom stereocenters. The Hall–Kier alpha value is -3.52. The molecule has 0 unspecified atom stereocenters. The van der Waals surface area contributed by atoms with E-state index in [0.29, 0.717) is 33.3 Å². The quantitative estimate of drug-likeness (QED) is 0.444. The molecule has 0 spiro atoms. The number of anilines is 1. The number of rotatable bonds is 5. The molecule has 0 N–H and O–H groups in total. The van der Waals surface area contributed by atoms with E-state index in [1.807, 2.05) is 24.3 Å². The fraction of sp³-hybridized carbons (Fsp3) is 0.250. The molecule has 32 heavy (non-hydrogen) atoms. The minimum Gasteiger partial charge on any atom is -0.497 e. The molecule has 3 heterocycles. The van der Waals surface area contributed by atoms with Crippen molar-refractivity contribution in [2.75, 3.05) is 12.0 Å². The Kier molecular flexibility index (Phi) is 5.01. The van der Waals surface area contributed by atoms with Crippen molar-refractivity contribution in [3.63, 3.8) is 0 Å². The Balaban J connectivity index is 1.74. The van der Waals surface area contributed by atoms with Crippen LogP contribution >= 0.6 is 11.3 Å². The Bertz CT molecular complexity index is 1390. The molecule has 1 aliphatic rings. The normalized spacial score (nSPS) is 15.6. The van der Waals surface area contributed by atoms with Gasteiger partial charge in [0, 0.05) is 6.42 Å². The van der Waals surface area contributed by atoms with Crippen molar-refractivity contribution >= 4 is 33.3 Å². The van der Waals surface area contributed by atoms with Crippen LogP contribution in [0.2, 0.25) is 0 Å². The predicted octanol–water partition coefficient (Wildman–Crippen LogP) is 4.60. The number of methoxy groups -OCH3 is 1. The zero-order valence-corrected chi connectivity index (χ0v) is 18.7. The summed E-state index contributed by atoms with van der Waals surface area (Å²) in [5, 5.41) is 10.3. The average molecular weight is 448 g/mol. The monoisotopic (exact) mass is 447 g/mol. The molecule has 2 aromatic carbocycles. The van der Waals surface area contributed by atoms with Crippen molar-refractivity contribution in [2.24, 2.45) is 5.92 Å². The molecule has 0 bridgehead atoms. The first-order chi connectivity index (χ1) is 15.5. The van der Waals surface area contributed by atoms with Gasteiger partial charge in [0.2, 0.25) is 10.9 Å². The maximum Gasteiger partial charge on any atom is 0.297 e. The SMILES string of the molecule is COc1cccc([C@@H]2c3c(oc4ccccc4c3=O)C(=O)N2c2nnc(CC(C)C)s2)c1. The van der Waals surface area contributed by atoms with Crippen LogP contribution in [0.5, 0.6) is 5.75 Å². The molecule has 1 aliphatic heterocycles. The molecule has 0 radical (unpaired) electrons. The number of fused-ring (bicyclic) bond motifs is 2. The highest BCUT2D eigenvalue weighted by atomic mass is 32.1. The number of hydrogen-bond acceptors (Lipinski definition) is 7. The van der Waals surface area contributed by atoms with Gasteiger partial charge < -0.3 is 9.15 Å². The smallest absolute Gasteiger partial charge is 0.297 e. The molecular formula is C24H21N3O4S. The molecular weight excluding hydrogens is 426 g/mol. The van der Waals surface area contributed by atoms with Crippen molar-refractivity contribution in [3.8, 4) is 5.75 Å². The summed E-state index contributed by atoms with van der Waals surface area (Å²) in [6.07, 6.45) is 0.761. The highest BCUT2D eigenvalue weighted by Gasteiger charge is 2.45. The topological polar surface area (TPSA) is 85.5 Å². The molecule has 8 heteroatoms. The van der Waals surface area contributed by atoms with E-state index in [-0.39, 0.29) is 11.2 Å². The number of hydrogen-bond donors (Lipinski definition) is 0. The third-order valence-corrected chi connectivity index (χ3v) is 6.38. The number of carbonyl (C=O) groups is 1. The Morgan fingerprint density at radius 2 is 1.94 bits per heavy atom. The van der Waals surface area contributed by atoms with E-state index in [9.17, 15) is 9.59 Å². The predicted molar refractivity (Wildman–Crippen MR) is 123 cm³/mol. The molecule has 0 saturated carbocycles. The number of carbonyl (C=O) groups excluding carboxylic acids is 1. The lowest BCUT2D eigenvalue weighted by molar-refractivity contribution is 0.0970. The van der Waals surface area contributed by atoms with Crippen molar-refractivity contribution < 1.29 is 13.9 Å². The van der Waals surface area contributed by atoms with Gasteiger partial charge in [-0.05, 0) is 35.7 Å². The van der Waals surface area contributed by atoms with Gasteiger partial charge in [0.15, 0.2) is 5.43 Å². The molecule has 0 fully saturated rings. The summed E-state index contributed by atoms with van der Waals surface area (Å²) < 4.78 is 11.4. The van der Waals surface area contributed by atoms with Crippen LogP contribution < -0.4 is 15.1 Å². The maximum absolute atomic E-state index is 13.6. The first-order valence-corrected chi connectivity index (χ1v) is 11.1. The highest BCUT2D eigenvalue weighted by molar-refractivity contribution is 7.15. The van der Waals surface area contributed by atoms with Gasteiger partial charge in [0.1, 0.15) is 16.3 Å². The average Bonchev–Trinajstić information content (AvgIpc) is 3.36. The lowest BCUT2D eigenvalue weighted by atomic mass is 9.98. The van der Waals surface area contributed by atoms with Crippen LogP contribution in [0.1, 0.15) is 46.6 Å². The molecule has 0 aliphatic carbocycles. The van der Waals surface area contributed by atoms with Crippen molar-refractivity contribution in [1.29, 1.82) is 0 Å².